The van der Waals surface area contributed by atoms with Crippen LogP contribution in [-0.4, -0.2) is 20.6 Å². The van der Waals surface area contributed by atoms with Crippen molar-refractivity contribution < 1.29 is 0 Å². The molecule has 1 aromatic rings. The number of nitrogens with zero attached hydrogens (tertiary/aromatic N) is 1. The fraction of sp³-hybridized carbons (Fsp3) is 0.500. The van der Waals surface area contributed by atoms with Gasteiger partial charge in [-0.25, -0.2) is 0 Å². The Morgan fingerprint density at radius 1 is 1.36 bits per heavy atom. The summed E-state index contributed by atoms with van der Waals surface area (Å²) < 4.78 is 0. The van der Waals surface area contributed by atoms with Gasteiger partial charge < -0.3 is 10.6 Å². The molecule has 0 aliphatic carbocycles. The van der Waals surface area contributed by atoms with E-state index >= 15 is 0 Å². The van der Waals surface area contributed by atoms with E-state index in [1.807, 2.05) is 0 Å². The molecule has 0 fully saturated rings. The highest BCUT2D eigenvalue weighted by Crippen LogP contribution is 2.26. The Labute approximate surface area is 86.7 Å². The average molecular weight is 192 g/mol. The normalized spacial score (nSPS) is 12.6. The van der Waals surface area contributed by atoms with Crippen LogP contribution in [0.3, 0.4) is 0 Å². The molecule has 78 valence electrons. The van der Waals surface area contributed by atoms with E-state index in [1.165, 1.54) is 16.8 Å². The van der Waals surface area contributed by atoms with Crippen molar-refractivity contribution in [2.75, 3.05) is 25.5 Å². The number of anilines is 1. The third-order valence-electron chi connectivity index (χ3n) is 2.55. The molecule has 1 aromatic carbocycles. The van der Waals surface area contributed by atoms with E-state index in [4.69, 9.17) is 5.73 Å². The number of hydrogen-bond acceptors (Lipinski definition) is 2. The minimum absolute atomic E-state index is 0.423. The average Bonchev–Trinajstić information content (AvgIpc) is 2.16. The van der Waals surface area contributed by atoms with Crippen LogP contribution in [-0.2, 0) is 0 Å². The van der Waals surface area contributed by atoms with Crippen molar-refractivity contribution in [3.63, 3.8) is 0 Å². The van der Waals surface area contributed by atoms with E-state index in [9.17, 15) is 0 Å². The minimum Gasteiger partial charge on any atom is -0.377 e. The van der Waals surface area contributed by atoms with E-state index in [0.717, 1.165) is 0 Å². The van der Waals surface area contributed by atoms with Crippen molar-refractivity contribution in [3.8, 4) is 0 Å². The zero-order valence-corrected chi connectivity index (χ0v) is 9.54. The first-order chi connectivity index (χ1) is 6.56. The van der Waals surface area contributed by atoms with Gasteiger partial charge in [-0.1, -0.05) is 24.6 Å². The molecule has 0 saturated heterocycles. The maximum Gasteiger partial charge on any atom is 0.0396 e. The summed E-state index contributed by atoms with van der Waals surface area (Å²) >= 11 is 0. The lowest BCUT2D eigenvalue weighted by Gasteiger charge is -2.21. The van der Waals surface area contributed by atoms with Gasteiger partial charge in [0, 0.05) is 19.8 Å². The Morgan fingerprint density at radius 2 is 2.00 bits per heavy atom. The lowest BCUT2D eigenvalue weighted by Crippen LogP contribution is -2.16. The minimum atomic E-state index is 0.423. The van der Waals surface area contributed by atoms with Gasteiger partial charge in [0.1, 0.15) is 0 Å². The zero-order chi connectivity index (χ0) is 10.7. The molecule has 1 rings (SSSR count). The smallest absolute Gasteiger partial charge is 0.0396 e. The summed E-state index contributed by atoms with van der Waals surface area (Å²) in [5.41, 5.74) is 9.62. The molecular formula is C12H20N2. The van der Waals surface area contributed by atoms with Gasteiger partial charge in [0.25, 0.3) is 0 Å². The van der Waals surface area contributed by atoms with Crippen molar-refractivity contribution in [1.82, 2.24) is 0 Å². The summed E-state index contributed by atoms with van der Waals surface area (Å²) in [5, 5.41) is 0. The van der Waals surface area contributed by atoms with E-state index in [-0.39, 0.29) is 0 Å². The molecule has 2 nitrogen and oxygen atoms in total. The maximum absolute atomic E-state index is 5.70. The molecule has 14 heavy (non-hydrogen) atoms. The molecule has 0 amide bonds. The van der Waals surface area contributed by atoms with Crippen molar-refractivity contribution in [1.29, 1.82) is 0 Å². The van der Waals surface area contributed by atoms with Gasteiger partial charge in [0.05, 0.1) is 0 Å². The number of aryl methyl sites for hydroxylation is 1. The second-order valence-electron chi connectivity index (χ2n) is 4.09. The first-order valence-corrected chi connectivity index (χ1v) is 5.04. The fourth-order valence-electron chi connectivity index (χ4n) is 1.60. The molecule has 0 spiro atoms. The predicted molar refractivity (Wildman–Crippen MR) is 63.0 cm³/mol. The van der Waals surface area contributed by atoms with Gasteiger partial charge >= 0.3 is 0 Å². The molecule has 0 aromatic heterocycles. The maximum atomic E-state index is 5.70. The standard InChI is InChI=1S/C12H20N2/c1-9-5-6-12(14(3)4)11(7-9)10(2)8-13/h5-7,10H,8,13H2,1-4H3. The highest BCUT2D eigenvalue weighted by molar-refractivity contribution is 5.55. The van der Waals surface area contributed by atoms with Crippen LogP contribution < -0.4 is 10.6 Å². The summed E-state index contributed by atoms with van der Waals surface area (Å²) in [5.74, 6) is 0.423. The van der Waals surface area contributed by atoms with Crippen LogP contribution in [0.4, 0.5) is 5.69 Å². The molecule has 0 aliphatic rings. The largest absolute Gasteiger partial charge is 0.377 e. The summed E-state index contributed by atoms with van der Waals surface area (Å²) in [6.45, 7) is 4.98. The van der Waals surface area contributed by atoms with Crippen LogP contribution in [0.1, 0.15) is 24.0 Å². The van der Waals surface area contributed by atoms with E-state index in [0.29, 0.717) is 12.5 Å². The van der Waals surface area contributed by atoms with Crippen LogP contribution >= 0.6 is 0 Å². The number of benzene rings is 1. The van der Waals surface area contributed by atoms with E-state index < -0.39 is 0 Å². The molecule has 0 aliphatic heterocycles. The monoisotopic (exact) mass is 192 g/mol. The van der Waals surface area contributed by atoms with Crippen LogP contribution in [0.5, 0.6) is 0 Å². The summed E-state index contributed by atoms with van der Waals surface area (Å²) in [7, 11) is 4.13. The molecular weight excluding hydrogens is 172 g/mol. The fourth-order valence-corrected chi connectivity index (χ4v) is 1.60. The Morgan fingerprint density at radius 3 is 2.50 bits per heavy atom. The van der Waals surface area contributed by atoms with Crippen molar-refractivity contribution >= 4 is 5.69 Å². The third-order valence-corrected chi connectivity index (χ3v) is 2.55. The molecule has 1 atom stereocenters. The van der Waals surface area contributed by atoms with Crippen molar-refractivity contribution in [2.45, 2.75) is 19.8 Å². The third kappa shape index (κ3) is 2.26. The van der Waals surface area contributed by atoms with E-state index in [1.54, 1.807) is 0 Å². The topological polar surface area (TPSA) is 29.3 Å². The van der Waals surface area contributed by atoms with Crippen LogP contribution in [0.15, 0.2) is 18.2 Å². The lowest BCUT2D eigenvalue weighted by atomic mass is 9.97. The summed E-state index contributed by atoms with van der Waals surface area (Å²) in [6, 6.07) is 6.53. The molecule has 0 radical (unpaired) electrons. The molecule has 0 saturated carbocycles. The van der Waals surface area contributed by atoms with Crippen LogP contribution in [0.2, 0.25) is 0 Å². The Balaban J connectivity index is 3.15. The highest BCUT2D eigenvalue weighted by atomic mass is 15.1. The number of rotatable bonds is 3. The van der Waals surface area contributed by atoms with Gasteiger partial charge in [0.15, 0.2) is 0 Å². The number of nitrogens with two attached hydrogens (primary N) is 1. The van der Waals surface area contributed by atoms with Gasteiger partial charge in [-0.2, -0.15) is 0 Å². The quantitative estimate of drug-likeness (QED) is 0.795. The Hall–Kier alpha value is -1.02. The van der Waals surface area contributed by atoms with Crippen LogP contribution in [0.25, 0.3) is 0 Å². The first-order valence-electron chi connectivity index (χ1n) is 5.04. The van der Waals surface area contributed by atoms with Gasteiger partial charge in [-0.3, -0.25) is 0 Å². The Kier molecular flexibility index (Phi) is 3.53. The summed E-state index contributed by atoms with van der Waals surface area (Å²) in [6.07, 6.45) is 0. The van der Waals surface area contributed by atoms with Gasteiger partial charge in [-0.05, 0) is 31.0 Å². The molecule has 1 unspecified atom stereocenters. The first kappa shape index (κ1) is 11.1. The second-order valence-corrected chi connectivity index (χ2v) is 4.09. The predicted octanol–water partition coefficient (Wildman–Crippen LogP) is 2.12. The molecule has 0 bridgehead atoms. The molecule has 2 N–H and O–H groups in total. The Bertz CT molecular complexity index is 305. The second kappa shape index (κ2) is 4.47. The molecule has 0 heterocycles. The van der Waals surface area contributed by atoms with E-state index in [2.05, 4.69) is 51.0 Å². The van der Waals surface area contributed by atoms with Crippen molar-refractivity contribution in [3.05, 3.63) is 29.3 Å². The van der Waals surface area contributed by atoms with Gasteiger partial charge in [-0.15, -0.1) is 0 Å². The van der Waals surface area contributed by atoms with Crippen LogP contribution in [0, 0.1) is 6.92 Å². The SMILES string of the molecule is Cc1ccc(N(C)C)c(C(C)CN)c1. The lowest BCUT2D eigenvalue weighted by molar-refractivity contribution is 0.770. The summed E-state index contributed by atoms with van der Waals surface area (Å²) in [4.78, 5) is 2.14. The van der Waals surface area contributed by atoms with Crippen molar-refractivity contribution in [2.24, 2.45) is 5.73 Å². The highest BCUT2D eigenvalue weighted by Gasteiger charge is 2.10. The number of hydrogen-bond donors (Lipinski definition) is 1. The van der Waals surface area contributed by atoms with Gasteiger partial charge in [0.2, 0.25) is 0 Å². The molecule has 2 heteroatoms. The zero-order valence-electron chi connectivity index (χ0n) is 9.54.